The van der Waals surface area contributed by atoms with Gasteiger partial charge in [-0.15, -0.1) is 0 Å². The third-order valence-corrected chi connectivity index (χ3v) is 5.02. The van der Waals surface area contributed by atoms with E-state index in [4.69, 9.17) is 14.2 Å². The summed E-state index contributed by atoms with van der Waals surface area (Å²) in [5.41, 5.74) is 2.69. The van der Waals surface area contributed by atoms with Gasteiger partial charge in [0, 0.05) is 24.1 Å². The molecule has 0 amide bonds. The van der Waals surface area contributed by atoms with Crippen LogP contribution in [0.5, 0.6) is 11.5 Å². The molecule has 0 aliphatic rings. The van der Waals surface area contributed by atoms with Gasteiger partial charge in [-0.2, -0.15) is 0 Å². The molecule has 0 radical (unpaired) electrons. The third kappa shape index (κ3) is 4.04. The van der Waals surface area contributed by atoms with Crippen molar-refractivity contribution in [3.8, 4) is 11.5 Å². The van der Waals surface area contributed by atoms with Gasteiger partial charge in [0.05, 0.1) is 19.8 Å². The summed E-state index contributed by atoms with van der Waals surface area (Å²) in [7, 11) is 3.33. The lowest BCUT2D eigenvalue weighted by Gasteiger charge is -2.17. The number of ketones is 1. The second-order valence-corrected chi connectivity index (χ2v) is 7.05. The minimum atomic E-state index is -0.0327. The summed E-state index contributed by atoms with van der Waals surface area (Å²) in [5, 5.41) is 2.10. The average molecular weight is 381 g/mol. The SMILES string of the molecule is COC[C@@H](C)n1c(C)cc(C(=O)COc2ccc3ccc(OC)cc3c2)c1C. The van der Waals surface area contributed by atoms with Crippen LogP contribution >= 0.6 is 0 Å². The van der Waals surface area contributed by atoms with Crippen molar-refractivity contribution in [2.75, 3.05) is 27.4 Å². The van der Waals surface area contributed by atoms with Gasteiger partial charge in [-0.05, 0) is 61.9 Å². The van der Waals surface area contributed by atoms with Gasteiger partial charge in [-0.1, -0.05) is 12.1 Å². The van der Waals surface area contributed by atoms with E-state index in [9.17, 15) is 4.79 Å². The number of hydrogen-bond acceptors (Lipinski definition) is 4. The maximum Gasteiger partial charge on any atom is 0.202 e. The molecule has 3 rings (SSSR count). The smallest absolute Gasteiger partial charge is 0.202 e. The van der Waals surface area contributed by atoms with Crippen LogP contribution in [-0.4, -0.2) is 37.8 Å². The lowest BCUT2D eigenvalue weighted by atomic mass is 10.1. The number of benzene rings is 2. The number of ether oxygens (including phenoxy) is 3. The monoisotopic (exact) mass is 381 g/mol. The highest BCUT2D eigenvalue weighted by Gasteiger charge is 2.19. The first kappa shape index (κ1) is 20.0. The number of aromatic nitrogens is 1. The van der Waals surface area contributed by atoms with Crippen molar-refractivity contribution in [3.63, 3.8) is 0 Å². The van der Waals surface area contributed by atoms with Gasteiger partial charge in [0.25, 0.3) is 0 Å². The zero-order chi connectivity index (χ0) is 20.3. The maximum absolute atomic E-state index is 12.8. The molecule has 2 aromatic carbocycles. The van der Waals surface area contributed by atoms with Gasteiger partial charge in [0.2, 0.25) is 5.78 Å². The maximum atomic E-state index is 12.8. The Bertz CT molecular complexity index is 990. The van der Waals surface area contributed by atoms with E-state index in [0.717, 1.165) is 27.9 Å². The van der Waals surface area contributed by atoms with Crippen molar-refractivity contribution >= 4 is 16.6 Å². The van der Waals surface area contributed by atoms with E-state index in [2.05, 4.69) is 11.5 Å². The van der Waals surface area contributed by atoms with Gasteiger partial charge >= 0.3 is 0 Å². The fraction of sp³-hybridized carbons (Fsp3) is 0.348. The lowest BCUT2D eigenvalue weighted by Crippen LogP contribution is -2.16. The van der Waals surface area contributed by atoms with E-state index in [1.807, 2.05) is 56.3 Å². The number of carbonyl (C=O) groups excluding carboxylic acids is 1. The summed E-state index contributed by atoms with van der Waals surface area (Å²) in [6, 6.07) is 13.8. The fourth-order valence-electron chi connectivity index (χ4n) is 3.70. The van der Waals surface area contributed by atoms with Crippen molar-refractivity contribution in [2.45, 2.75) is 26.8 Å². The third-order valence-electron chi connectivity index (χ3n) is 5.02. The molecule has 1 heterocycles. The summed E-state index contributed by atoms with van der Waals surface area (Å²) in [6.45, 7) is 6.65. The van der Waals surface area contributed by atoms with E-state index in [-0.39, 0.29) is 18.4 Å². The Balaban J connectivity index is 1.75. The second kappa shape index (κ2) is 8.48. The molecule has 0 spiro atoms. The number of methoxy groups -OCH3 is 2. The number of nitrogens with zero attached hydrogens (tertiary/aromatic N) is 1. The molecular formula is C23H27NO4. The Morgan fingerprint density at radius 3 is 2.36 bits per heavy atom. The highest BCUT2D eigenvalue weighted by atomic mass is 16.5. The Morgan fingerprint density at radius 1 is 1.00 bits per heavy atom. The van der Waals surface area contributed by atoms with Gasteiger partial charge in [-0.25, -0.2) is 0 Å². The molecule has 5 nitrogen and oxygen atoms in total. The molecule has 0 aliphatic heterocycles. The zero-order valence-corrected chi connectivity index (χ0v) is 17.1. The molecule has 1 aromatic heterocycles. The van der Waals surface area contributed by atoms with Crippen LogP contribution in [0, 0.1) is 13.8 Å². The van der Waals surface area contributed by atoms with Crippen molar-refractivity contribution in [1.82, 2.24) is 4.57 Å². The van der Waals surface area contributed by atoms with Gasteiger partial charge in [-0.3, -0.25) is 4.79 Å². The Hall–Kier alpha value is -2.79. The molecule has 0 saturated carbocycles. The molecule has 3 aromatic rings. The molecule has 1 atom stereocenters. The highest BCUT2D eigenvalue weighted by Crippen LogP contribution is 2.26. The van der Waals surface area contributed by atoms with E-state index < -0.39 is 0 Å². The van der Waals surface area contributed by atoms with Crippen molar-refractivity contribution in [2.24, 2.45) is 0 Å². The first-order valence-corrected chi connectivity index (χ1v) is 9.35. The molecule has 0 unspecified atom stereocenters. The number of carbonyl (C=O) groups is 1. The van der Waals surface area contributed by atoms with Gasteiger partial charge in [0.1, 0.15) is 11.5 Å². The number of aryl methyl sites for hydroxylation is 1. The van der Waals surface area contributed by atoms with Crippen molar-refractivity contribution in [1.29, 1.82) is 0 Å². The van der Waals surface area contributed by atoms with Gasteiger partial charge in [0.15, 0.2) is 6.61 Å². The van der Waals surface area contributed by atoms with Crippen LogP contribution in [0.2, 0.25) is 0 Å². The summed E-state index contributed by atoms with van der Waals surface area (Å²) in [4.78, 5) is 12.8. The summed E-state index contributed by atoms with van der Waals surface area (Å²) >= 11 is 0. The number of hydrogen-bond donors (Lipinski definition) is 0. The minimum Gasteiger partial charge on any atom is -0.497 e. The zero-order valence-electron chi connectivity index (χ0n) is 17.1. The highest BCUT2D eigenvalue weighted by molar-refractivity contribution is 5.98. The largest absolute Gasteiger partial charge is 0.497 e. The molecule has 28 heavy (non-hydrogen) atoms. The molecule has 0 bridgehead atoms. The van der Waals surface area contributed by atoms with Crippen molar-refractivity contribution < 1.29 is 19.0 Å². The Kier molecular flexibility index (Phi) is 6.05. The van der Waals surface area contributed by atoms with Crippen LogP contribution < -0.4 is 9.47 Å². The van der Waals surface area contributed by atoms with Crippen LogP contribution in [0.4, 0.5) is 0 Å². The summed E-state index contributed by atoms with van der Waals surface area (Å²) in [5.74, 6) is 1.42. The van der Waals surface area contributed by atoms with E-state index >= 15 is 0 Å². The Labute approximate surface area is 165 Å². The summed E-state index contributed by atoms with van der Waals surface area (Å²) in [6.07, 6.45) is 0. The molecule has 148 valence electrons. The molecule has 5 heteroatoms. The second-order valence-electron chi connectivity index (χ2n) is 7.05. The van der Waals surface area contributed by atoms with Crippen LogP contribution in [0.3, 0.4) is 0 Å². The number of Topliss-reactive ketones (excluding diaryl/α,β-unsaturated/α-hetero) is 1. The van der Waals surface area contributed by atoms with E-state index in [1.54, 1.807) is 14.2 Å². The minimum absolute atomic E-state index is 0.00156. The van der Waals surface area contributed by atoms with Gasteiger partial charge < -0.3 is 18.8 Å². The molecule has 0 aliphatic carbocycles. The van der Waals surface area contributed by atoms with E-state index in [1.165, 1.54) is 0 Å². The standard InChI is InChI=1S/C23H27NO4/c1-15-10-22(17(3)24(15)16(2)13-26-4)23(25)14-28-21-9-7-18-6-8-20(27-5)11-19(18)12-21/h6-12,16H,13-14H2,1-5H3/t16-/m1/s1. The predicted octanol–water partition coefficient (Wildman–Crippen LogP) is 4.74. The normalized spacial score (nSPS) is 12.2. The first-order valence-electron chi connectivity index (χ1n) is 9.35. The summed E-state index contributed by atoms with van der Waals surface area (Å²) < 4.78 is 18.5. The predicted molar refractivity (Wildman–Crippen MR) is 111 cm³/mol. The Morgan fingerprint density at radius 2 is 1.68 bits per heavy atom. The molecule has 0 fully saturated rings. The van der Waals surface area contributed by atoms with Crippen LogP contribution in [-0.2, 0) is 4.74 Å². The number of fused-ring (bicyclic) bond motifs is 1. The number of rotatable bonds is 8. The molecule has 0 N–H and O–H groups in total. The van der Waals surface area contributed by atoms with E-state index in [0.29, 0.717) is 17.9 Å². The molecular weight excluding hydrogens is 354 g/mol. The van der Waals surface area contributed by atoms with Crippen LogP contribution in [0.25, 0.3) is 10.8 Å². The quantitative estimate of drug-likeness (QED) is 0.529. The fourth-order valence-corrected chi connectivity index (χ4v) is 3.70. The van der Waals surface area contributed by atoms with Crippen LogP contribution in [0.15, 0.2) is 42.5 Å². The molecule has 0 saturated heterocycles. The first-order chi connectivity index (χ1) is 13.4. The lowest BCUT2D eigenvalue weighted by molar-refractivity contribution is 0.0920. The average Bonchev–Trinajstić information content (AvgIpc) is 2.99. The topological polar surface area (TPSA) is 49.7 Å². The van der Waals surface area contributed by atoms with Crippen molar-refractivity contribution in [3.05, 3.63) is 59.4 Å². The van der Waals surface area contributed by atoms with Crippen LogP contribution in [0.1, 0.15) is 34.7 Å².